The number of rotatable bonds is 4. The van der Waals surface area contributed by atoms with Crippen LogP contribution >= 0.6 is 11.6 Å². The molecule has 3 atom stereocenters. The lowest BCUT2D eigenvalue weighted by Gasteiger charge is -2.16. The van der Waals surface area contributed by atoms with E-state index >= 15 is 0 Å². The molecular weight excluding hydrogens is 430 g/mol. The molecule has 4 heterocycles. The Morgan fingerprint density at radius 2 is 1.59 bits per heavy atom. The lowest BCUT2D eigenvalue weighted by molar-refractivity contribution is 0.0332. The second-order valence-corrected chi connectivity index (χ2v) is 7.86. The van der Waals surface area contributed by atoms with Crippen molar-refractivity contribution in [2.45, 2.75) is 12.1 Å². The Labute approximate surface area is 187 Å². The minimum Gasteiger partial charge on any atom is -0.337 e. The normalized spacial score (nSPS) is 21.7. The molecule has 2 aliphatic rings. The number of carbonyl (C=O) groups excluding carboxylic acids is 2. The van der Waals surface area contributed by atoms with Crippen molar-refractivity contribution in [3.05, 3.63) is 101 Å². The molecule has 2 aromatic heterocycles. The van der Waals surface area contributed by atoms with Gasteiger partial charge in [-0.3, -0.25) is 14.6 Å². The van der Waals surface area contributed by atoms with Crippen molar-refractivity contribution in [3.63, 3.8) is 0 Å². The van der Waals surface area contributed by atoms with Crippen LogP contribution in [0.25, 0.3) is 11.4 Å². The molecule has 9 heteroatoms. The van der Waals surface area contributed by atoms with Gasteiger partial charge in [0.2, 0.25) is 11.7 Å². The summed E-state index contributed by atoms with van der Waals surface area (Å²) in [6.45, 7) is 0. The lowest BCUT2D eigenvalue weighted by atomic mass is 10.1. The first-order chi connectivity index (χ1) is 15.6. The van der Waals surface area contributed by atoms with Crippen molar-refractivity contribution >= 4 is 23.4 Å². The molecule has 1 fully saturated rings. The number of aromatic nitrogens is 3. The van der Waals surface area contributed by atoms with E-state index < -0.39 is 23.9 Å². The van der Waals surface area contributed by atoms with Crippen LogP contribution in [-0.2, 0) is 0 Å². The van der Waals surface area contributed by atoms with Gasteiger partial charge < -0.3 is 4.52 Å². The third-order valence-corrected chi connectivity index (χ3v) is 5.97. The molecule has 0 bridgehead atoms. The number of hydrogen-bond donors (Lipinski definition) is 0. The Kier molecular flexibility index (Phi) is 4.17. The van der Waals surface area contributed by atoms with Gasteiger partial charge in [-0.2, -0.15) is 9.99 Å². The number of hydrogen-bond acceptors (Lipinski definition) is 7. The second-order valence-electron chi connectivity index (χ2n) is 7.46. The molecule has 0 N–H and O–H groups in total. The van der Waals surface area contributed by atoms with Crippen LogP contribution in [0.3, 0.4) is 0 Å². The quantitative estimate of drug-likeness (QED) is 0.346. The molecule has 4 aromatic rings. The molecule has 2 amide bonds. The molecule has 0 spiro atoms. The summed E-state index contributed by atoms with van der Waals surface area (Å²) in [5.74, 6) is -0.125. The first-order valence-corrected chi connectivity index (χ1v) is 10.3. The monoisotopic (exact) mass is 443 g/mol. The van der Waals surface area contributed by atoms with Crippen molar-refractivity contribution in [1.82, 2.24) is 25.1 Å². The fourth-order valence-electron chi connectivity index (χ4n) is 4.10. The summed E-state index contributed by atoms with van der Waals surface area (Å²) in [7, 11) is 0. The molecule has 2 aromatic carbocycles. The average Bonchev–Trinajstić information content (AvgIpc) is 3.21. The van der Waals surface area contributed by atoms with E-state index in [1.807, 2.05) is 24.3 Å². The predicted molar refractivity (Wildman–Crippen MR) is 113 cm³/mol. The molecule has 32 heavy (non-hydrogen) atoms. The van der Waals surface area contributed by atoms with Gasteiger partial charge in [0.05, 0.1) is 17.2 Å². The highest BCUT2D eigenvalue weighted by Crippen LogP contribution is 2.57. The number of hydrazine groups is 1. The smallest absolute Gasteiger partial charge is 0.276 e. The van der Waals surface area contributed by atoms with Crippen molar-refractivity contribution in [2.75, 3.05) is 0 Å². The van der Waals surface area contributed by atoms with Crippen LogP contribution in [0, 0.1) is 0 Å². The van der Waals surface area contributed by atoms with E-state index in [0.29, 0.717) is 27.5 Å². The number of nitrogens with zero attached hydrogens (tertiary/aromatic N) is 5. The maximum atomic E-state index is 13.1. The Bertz CT molecular complexity index is 1340. The standard InChI is InChI=1S/C23H14ClN5O3/c24-17-10-4-3-9-16(17)18-19(21-26-20(27-32-21)13-6-5-11-25-12-13)28(18)29-22(30)14-7-1-2-8-15(14)23(29)31/h1-12,18-19H. The molecule has 2 aliphatic heterocycles. The number of halogens is 1. The topological polar surface area (TPSA) is 92.2 Å². The van der Waals surface area contributed by atoms with Crippen molar-refractivity contribution < 1.29 is 14.1 Å². The van der Waals surface area contributed by atoms with Crippen LogP contribution in [0.4, 0.5) is 0 Å². The van der Waals surface area contributed by atoms with E-state index in [0.717, 1.165) is 10.6 Å². The summed E-state index contributed by atoms with van der Waals surface area (Å²) in [5, 5.41) is 7.38. The predicted octanol–water partition coefficient (Wildman–Crippen LogP) is 4.09. The largest absolute Gasteiger partial charge is 0.337 e. The summed E-state index contributed by atoms with van der Waals surface area (Å²) in [6.07, 6.45) is 3.29. The number of pyridine rings is 1. The van der Waals surface area contributed by atoms with Crippen LogP contribution in [0.2, 0.25) is 5.02 Å². The van der Waals surface area contributed by atoms with E-state index in [1.165, 1.54) is 0 Å². The van der Waals surface area contributed by atoms with E-state index in [-0.39, 0.29) is 5.89 Å². The zero-order chi connectivity index (χ0) is 21.8. The van der Waals surface area contributed by atoms with Gasteiger partial charge in [0.1, 0.15) is 6.04 Å². The van der Waals surface area contributed by atoms with Crippen LogP contribution in [0.5, 0.6) is 0 Å². The number of amides is 2. The molecule has 0 aliphatic carbocycles. The van der Waals surface area contributed by atoms with E-state index in [9.17, 15) is 9.59 Å². The highest BCUT2D eigenvalue weighted by atomic mass is 35.5. The number of carbonyl (C=O) groups is 2. The number of benzene rings is 2. The maximum Gasteiger partial charge on any atom is 0.276 e. The SMILES string of the molecule is O=C1c2ccccc2C(=O)N1N1C(c2nc(-c3cccnc3)no2)C1c1ccccc1Cl. The van der Waals surface area contributed by atoms with Crippen molar-refractivity contribution in [1.29, 1.82) is 0 Å². The molecule has 0 saturated carbocycles. The van der Waals surface area contributed by atoms with Crippen LogP contribution < -0.4 is 0 Å². The Hall–Kier alpha value is -3.88. The minimum atomic E-state index is -0.518. The van der Waals surface area contributed by atoms with Gasteiger partial charge in [0.25, 0.3) is 11.8 Å². The zero-order valence-corrected chi connectivity index (χ0v) is 17.2. The molecular formula is C23H14ClN5O3. The molecule has 8 nitrogen and oxygen atoms in total. The van der Waals surface area contributed by atoms with Crippen molar-refractivity contribution in [2.24, 2.45) is 0 Å². The van der Waals surface area contributed by atoms with Gasteiger partial charge in [0, 0.05) is 23.0 Å². The summed E-state index contributed by atoms with van der Waals surface area (Å²) >= 11 is 6.46. The summed E-state index contributed by atoms with van der Waals surface area (Å²) in [4.78, 5) is 34.8. The molecule has 156 valence electrons. The number of imide groups is 1. The fraction of sp³-hybridized carbons (Fsp3) is 0.0870. The Morgan fingerprint density at radius 1 is 0.875 bits per heavy atom. The first-order valence-electron chi connectivity index (χ1n) is 9.89. The first kappa shape index (κ1) is 18.9. The lowest BCUT2D eigenvalue weighted by Crippen LogP contribution is -2.35. The minimum absolute atomic E-state index is 0.283. The average molecular weight is 444 g/mol. The molecule has 3 unspecified atom stereocenters. The van der Waals surface area contributed by atoms with Crippen molar-refractivity contribution in [3.8, 4) is 11.4 Å². The van der Waals surface area contributed by atoms with Gasteiger partial charge in [-0.1, -0.05) is 47.1 Å². The fourth-order valence-corrected chi connectivity index (χ4v) is 4.35. The van der Waals surface area contributed by atoms with Gasteiger partial charge in [0.15, 0.2) is 0 Å². The third kappa shape index (κ3) is 2.77. The van der Waals surface area contributed by atoms with Gasteiger partial charge in [-0.25, -0.2) is 5.01 Å². The van der Waals surface area contributed by atoms with Gasteiger partial charge >= 0.3 is 0 Å². The Balaban J connectivity index is 1.41. The maximum absolute atomic E-state index is 13.1. The van der Waals surface area contributed by atoms with Gasteiger partial charge in [-0.05, 0) is 35.9 Å². The molecule has 0 radical (unpaired) electrons. The summed E-state index contributed by atoms with van der Waals surface area (Å²) in [6, 6.07) is 16.7. The van der Waals surface area contributed by atoms with E-state index in [2.05, 4.69) is 15.1 Å². The van der Waals surface area contributed by atoms with Gasteiger partial charge in [-0.15, -0.1) is 0 Å². The zero-order valence-electron chi connectivity index (χ0n) is 16.4. The summed E-state index contributed by atoms with van der Waals surface area (Å²) < 4.78 is 5.55. The van der Waals surface area contributed by atoms with E-state index in [1.54, 1.807) is 53.8 Å². The van der Waals surface area contributed by atoms with Crippen LogP contribution in [0.1, 0.15) is 44.3 Å². The van der Waals surface area contributed by atoms with E-state index in [4.69, 9.17) is 16.1 Å². The van der Waals surface area contributed by atoms with Crippen LogP contribution in [0.15, 0.2) is 77.6 Å². The second kappa shape index (κ2) is 7.08. The molecule has 6 rings (SSSR count). The Morgan fingerprint density at radius 3 is 2.28 bits per heavy atom. The highest BCUT2D eigenvalue weighted by Gasteiger charge is 2.61. The molecule has 1 saturated heterocycles. The third-order valence-electron chi connectivity index (χ3n) is 5.62. The summed E-state index contributed by atoms with van der Waals surface area (Å²) in [5.41, 5.74) is 2.19. The van der Waals surface area contributed by atoms with Crippen LogP contribution in [-0.4, -0.2) is 37.0 Å². The highest BCUT2D eigenvalue weighted by molar-refractivity contribution is 6.31. The number of fused-ring (bicyclic) bond motifs is 1.